The minimum absolute atomic E-state index is 0.151. The summed E-state index contributed by atoms with van der Waals surface area (Å²) in [7, 11) is 0. The van der Waals surface area contributed by atoms with Gasteiger partial charge in [-0.3, -0.25) is 14.4 Å². The van der Waals surface area contributed by atoms with Crippen LogP contribution in [0.4, 0.5) is 18.3 Å². The van der Waals surface area contributed by atoms with Crippen LogP contribution in [0, 0.1) is 5.92 Å². The highest BCUT2D eigenvalue weighted by Crippen LogP contribution is 2.29. The van der Waals surface area contributed by atoms with Gasteiger partial charge in [-0.1, -0.05) is 0 Å². The number of amides is 1. The second-order valence-corrected chi connectivity index (χ2v) is 7.62. The molecule has 2 aromatic heterocycles. The van der Waals surface area contributed by atoms with E-state index in [-0.39, 0.29) is 11.8 Å². The molecule has 2 aromatic rings. The second-order valence-electron chi connectivity index (χ2n) is 6.51. The fourth-order valence-electron chi connectivity index (χ4n) is 3.13. The van der Waals surface area contributed by atoms with Crippen LogP contribution in [0.2, 0.25) is 0 Å². The van der Waals surface area contributed by atoms with Crippen LogP contribution >= 0.6 is 11.3 Å². The molecule has 3 heterocycles. The van der Waals surface area contributed by atoms with E-state index in [1.54, 1.807) is 6.20 Å². The zero-order valence-electron chi connectivity index (χ0n) is 14.3. The first-order valence-electron chi connectivity index (χ1n) is 8.34. The van der Waals surface area contributed by atoms with Gasteiger partial charge in [-0.05, 0) is 25.3 Å². The van der Waals surface area contributed by atoms with Crippen molar-refractivity contribution in [3.63, 3.8) is 0 Å². The van der Waals surface area contributed by atoms with Crippen molar-refractivity contribution in [2.24, 2.45) is 5.92 Å². The van der Waals surface area contributed by atoms with Crippen LogP contribution in [0.1, 0.15) is 30.2 Å². The van der Waals surface area contributed by atoms with Crippen LogP contribution < -0.4 is 5.32 Å². The number of carbonyl (C=O) groups is 1. The Kier molecular flexibility index (Phi) is 5.61. The number of carbonyl (C=O) groups excluding carboxylic acids is 1. The van der Waals surface area contributed by atoms with E-state index in [1.165, 1.54) is 22.9 Å². The van der Waals surface area contributed by atoms with E-state index in [0.29, 0.717) is 11.7 Å². The van der Waals surface area contributed by atoms with Gasteiger partial charge in [0.05, 0.1) is 11.8 Å². The van der Waals surface area contributed by atoms with E-state index in [0.717, 1.165) is 49.7 Å². The summed E-state index contributed by atoms with van der Waals surface area (Å²) in [5, 5.41) is 7.09. The van der Waals surface area contributed by atoms with Gasteiger partial charge in [0, 0.05) is 43.8 Å². The summed E-state index contributed by atoms with van der Waals surface area (Å²) in [6.07, 6.45) is 1.31. The predicted octanol–water partition coefficient (Wildman–Crippen LogP) is 3.23. The Morgan fingerprint density at radius 2 is 2.23 bits per heavy atom. The second kappa shape index (κ2) is 7.75. The summed E-state index contributed by atoms with van der Waals surface area (Å²) in [6.45, 7) is 4.38. The molecule has 1 fully saturated rings. The van der Waals surface area contributed by atoms with Gasteiger partial charge in [-0.2, -0.15) is 18.3 Å². The van der Waals surface area contributed by atoms with Gasteiger partial charge < -0.3 is 5.32 Å². The first kappa shape index (κ1) is 18.8. The third kappa shape index (κ3) is 5.04. The maximum absolute atomic E-state index is 12.7. The smallest absolute Gasteiger partial charge is 0.302 e. The molecule has 0 saturated carbocycles. The van der Waals surface area contributed by atoms with Crippen molar-refractivity contribution in [1.82, 2.24) is 19.7 Å². The summed E-state index contributed by atoms with van der Waals surface area (Å²) in [4.78, 5) is 18.6. The number of halogens is 3. The Labute approximate surface area is 153 Å². The first-order valence-corrected chi connectivity index (χ1v) is 9.15. The van der Waals surface area contributed by atoms with Gasteiger partial charge in [-0.25, -0.2) is 4.98 Å². The molecule has 10 heteroatoms. The van der Waals surface area contributed by atoms with Gasteiger partial charge in [-0.15, -0.1) is 11.3 Å². The average Bonchev–Trinajstić information content (AvgIpc) is 3.16. The molecular weight excluding hydrogens is 367 g/mol. The first-order chi connectivity index (χ1) is 12.3. The number of likely N-dealkylation sites (tertiary alicyclic amines) is 1. The van der Waals surface area contributed by atoms with Crippen molar-refractivity contribution in [1.29, 1.82) is 0 Å². The molecule has 142 valence electrons. The van der Waals surface area contributed by atoms with Crippen molar-refractivity contribution >= 4 is 22.4 Å². The molecule has 1 saturated heterocycles. The lowest BCUT2D eigenvalue weighted by Gasteiger charge is -2.32. The molecular formula is C16H20F3N5OS. The zero-order chi connectivity index (χ0) is 18.7. The zero-order valence-corrected chi connectivity index (χ0v) is 15.1. The number of alkyl halides is 3. The van der Waals surface area contributed by atoms with Gasteiger partial charge >= 0.3 is 6.18 Å². The highest BCUT2D eigenvalue weighted by Gasteiger charge is 2.32. The highest BCUT2D eigenvalue weighted by atomic mass is 32.1. The topological polar surface area (TPSA) is 63.1 Å². The third-order valence-corrected chi connectivity index (χ3v) is 5.12. The van der Waals surface area contributed by atoms with Gasteiger partial charge in [0.1, 0.15) is 0 Å². The lowest BCUT2D eigenvalue weighted by molar-refractivity contribution is -0.137. The maximum Gasteiger partial charge on any atom is 0.419 e. The molecule has 1 atom stereocenters. The normalized spacial score (nSPS) is 18.8. The molecule has 1 aliphatic rings. The lowest BCUT2D eigenvalue weighted by Crippen LogP contribution is -2.36. The van der Waals surface area contributed by atoms with E-state index < -0.39 is 11.7 Å². The summed E-state index contributed by atoms with van der Waals surface area (Å²) in [5.74, 6) is 0.105. The van der Waals surface area contributed by atoms with Crippen molar-refractivity contribution in [2.45, 2.75) is 39.0 Å². The number of aromatic nitrogens is 3. The molecule has 0 spiro atoms. The molecule has 1 unspecified atom stereocenters. The lowest BCUT2D eigenvalue weighted by atomic mass is 9.98. The van der Waals surface area contributed by atoms with Crippen molar-refractivity contribution in [3.05, 3.63) is 29.0 Å². The number of hydrogen-bond acceptors (Lipinski definition) is 5. The average molecular weight is 387 g/mol. The van der Waals surface area contributed by atoms with Crippen LogP contribution in [-0.2, 0) is 24.1 Å². The third-order valence-electron chi connectivity index (χ3n) is 4.22. The van der Waals surface area contributed by atoms with Crippen LogP contribution in [0.3, 0.4) is 0 Å². The van der Waals surface area contributed by atoms with Crippen molar-refractivity contribution < 1.29 is 18.0 Å². The Balaban J connectivity index is 1.55. The Hall–Kier alpha value is -1.94. The van der Waals surface area contributed by atoms with E-state index in [4.69, 9.17) is 0 Å². The summed E-state index contributed by atoms with van der Waals surface area (Å²) in [6, 6.07) is 0. The molecule has 0 radical (unpaired) electrons. The van der Waals surface area contributed by atoms with Gasteiger partial charge in [0.25, 0.3) is 0 Å². The molecule has 6 nitrogen and oxygen atoms in total. The van der Waals surface area contributed by atoms with E-state index >= 15 is 0 Å². The molecule has 1 amide bonds. The molecule has 1 aliphatic heterocycles. The molecule has 0 aromatic carbocycles. The Morgan fingerprint density at radius 3 is 2.92 bits per heavy atom. The predicted molar refractivity (Wildman–Crippen MR) is 91.6 cm³/mol. The van der Waals surface area contributed by atoms with Gasteiger partial charge in [0.15, 0.2) is 5.13 Å². The summed E-state index contributed by atoms with van der Waals surface area (Å²) in [5.41, 5.74) is -0.708. The Morgan fingerprint density at radius 1 is 1.42 bits per heavy atom. The van der Waals surface area contributed by atoms with Crippen molar-refractivity contribution in [2.75, 3.05) is 18.4 Å². The minimum Gasteiger partial charge on any atom is -0.302 e. The number of nitrogens with one attached hydrogen (secondary N) is 1. The number of rotatable bonds is 5. The minimum atomic E-state index is -4.35. The number of thiazole rings is 1. The number of piperidine rings is 1. The SMILES string of the molecule is CC(=O)Nc1ncc(CN2CCCC(Cn3cc(C(F)(F)F)cn3)C2)s1. The molecule has 1 N–H and O–H groups in total. The number of anilines is 1. The van der Waals surface area contributed by atoms with Crippen LogP contribution in [0.25, 0.3) is 0 Å². The summed E-state index contributed by atoms with van der Waals surface area (Å²) < 4.78 is 39.4. The summed E-state index contributed by atoms with van der Waals surface area (Å²) >= 11 is 1.44. The quantitative estimate of drug-likeness (QED) is 0.856. The maximum atomic E-state index is 12.7. The molecule has 3 rings (SSSR count). The fraction of sp³-hybridized carbons (Fsp3) is 0.562. The number of nitrogens with zero attached hydrogens (tertiary/aromatic N) is 4. The van der Waals surface area contributed by atoms with Crippen LogP contribution in [-0.4, -0.2) is 38.7 Å². The highest BCUT2D eigenvalue weighted by molar-refractivity contribution is 7.15. The standard InChI is InChI=1S/C16H20F3N5OS/c1-11(25)22-15-20-6-14(26-15)10-23-4-2-3-12(7-23)8-24-9-13(5-21-24)16(17,18)19/h5-6,9,12H,2-4,7-8,10H2,1H3,(H,20,22,25). The number of hydrogen-bond donors (Lipinski definition) is 1. The molecule has 26 heavy (non-hydrogen) atoms. The largest absolute Gasteiger partial charge is 0.419 e. The van der Waals surface area contributed by atoms with E-state index in [1.807, 2.05) is 0 Å². The molecule has 0 aliphatic carbocycles. The van der Waals surface area contributed by atoms with Gasteiger partial charge in [0.2, 0.25) is 5.91 Å². The van der Waals surface area contributed by atoms with E-state index in [9.17, 15) is 18.0 Å². The van der Waals surface area contributed by atoms with Crippen molar-refractivity contribution in [3.8, 4) is 0 Å². The Bertz CT molecular complexity index is 757. The van der Waals surface area contributed by atoms with Crippen LogP contribution in [0.5, 0.6) is 0 Å². The monoisotopic (exact) mass is 387 g/mol. The molecule has 0 bridgehead atoms. The van der Waals surface area contributed by atoms with E-state index in [2.05, 4.69) is 20.3 Å². The van der Waals surface area contributed by atoms with Crippen LogP contribution in [0.15, 0.2) is 18.6 Å². The fourth-order valence-corrected chi connectivity index (χ4v) is 4.03.